The Morgan fingerprint density at radius 2 is 1.55 bits per heavy atom. The molecule has 10 nitrogen and oxygen atoms in total. The number of nitrogens with zero attached hydrogens (tertiary/aromatic N) is 1. The van der Waals surface area contributed by atoms with Crippen LogP contribution in [0.1, 0.15) is 54.5 Å². The van der Waals surface area contributed by atoms with Gasteiger partial charge in [0.2, 0.25) is 11.8 Å². The molecule has 2 heterocycles. The predicted molar refractivity (Wildman–Crippen MR) is 218 cm³/mol. The number of hydrogen-bond donors (Lipinski definition) is 3. The number of thioether (sulfide) groups is 1. The summed E-state index contributed by atoms with van der Waals surface area (Å²) in [5.74, 6) is -2.17. The number of halogens is 2. The minimum Gasteiger partial charge on any atom is -0.465 e. The lowest BCUT2D eigenvalue weighted by molar-refractivity contribution is -0.129. The summed E-state index contributed by atoms with van der Waals surface area (Å²) in [6.45, 7) is 2.29. The summed E-state index contributed by atoms with van der Waals surface area (Å²) in [6, 6.07) is 29.5. The summed E-state index contributed by atoms with van der Waals surface area (Å²) in [5, 5.41) is 8.66. The molecular formula is C41H34Cl2N4O6S2. The molecule has 0 saturated heterocycles. The molecule has 1 atom stereocenters. The number of benzene rings is 4. The van der Waals surface area contributed by atoms with Crippen LogP contribution in [0.25, 0.3) is 6.08 Å². The zero-order valence-electron chi connectivity index (χ0n) is 29.6. The monoisotopic (exact) mass is 812 g/mol. The van der Waals surface area contributed by atoms with E-state index in [2.05, 4.69) is 16.0 Å². The standard InChI is InChI=1S/C41H34Cl2N4O6S2/c1-24(48)47-20-19-29-34(23-47)55-40(35(29)41(52)53-2)46-39(51)36(25-11-5-3-6-12-25)54-28-16-9-15-27(21-28)44-38(50)33(22-30-31(42)17-10-18-32(30)43)45-37(49)26-13-7-4-8-14-26/h3-18,21-22,36H,19-20,23H2,1-2H3,(H,44,50)(H,45,49)(H,46,51)/b33-22+. The number of nitrogens with one attached hydrogen (secondary N) is 3. The number of anilines is 2. The molecule has 0 radical (unpaired) electrons. The maximum Gasteiger partial charge on any atom is 0.341 e. The molecule has 3 N–H and O–H groups in total. The van der Waals surface area contributed by atoms with Crippen LogP contribution in [0.4, 0.5) is 10.7 Å². The van der Waals surface area contributed by atoms with Crippen molar-refractivity contribution in [1.29, 1.82) is 0 Å². The second kappa shape index (κ2) is 17.8. The fourth-order valence-electron chi connectivity index (χ4n) is 5.87. The van der Waals surface area contributed by atoms with Crippen molar-refractivity contribution in [2.75, 3.05) is 24.3 Å². The molecule has 0 saturated carbocycles. The topological polar surface area (TPSA) is 134 Å². The Hall–Kier alpha value is -5.40. The quantitative estimate of drug-likeness (QED) is 0.0691. The maximum absolute atomic E-state index is 14.2. The molecule has 0 aliphatic carbocycles. The second-order valence-electron chi connectivity index (χ2n) is 12.3. The van der Waals surface area contributed by atoms with Gasteiger partial charge in [-0.25, -0.2) is 4.79 Å². The van der Waals surface area contributed by atoms with Crippen LogP contribution in [0.3, 0.4) is 0 Å². The van der Waals surface area contributed by atoms with Gasteiger partial charge in [0.1, 0.15) is 15.9 Å². The number of fused-ring (bicyclic) bond motifs is 1. The smallest absolute Gasteiger partial charge is 0.341 e. The molecule has 1 aromatic heterocycles. The summed E-state index contributed by atoms with van der Waals surface area (Å²) in [5.41, 5.74) is 2.74. The summed E-state index contributed by atoms with van der Waals surface area (Å²) < 4.78 is 5.10. The van der Waals surface area contributed by atoms with E-state index >= 15 is 0 Å². The number of methoxy groups -OCH3 is 1. The van der Waals surface area contributed by atoms with Crippen LogP contribution in [-0.4, -0.2) is 48.2 Å². The normalized spacial score (nSPS) is 12.9. The molecule has 4 aromatic carbocycles. The van der Waals surface area contributed by atoms with Gasteiger partial charge in [-0.2, -0.15) is 0 Å². The van der Waals surface area contributed by atoms with Crippen LogP contribution in [-0.2, 0) is 32.1 Å². The first kappa shape index (κ1) is 39.3. The third-order valence-electron chi connectivity index (χ3n) is 8.63. The van der Waals surface area contributed by atoms with Gasteiger partial charge in [-0.1, -0.05) is 83.9 Å². The van der Waals surface area contributed by atoms with E-state index in [1.165, 1.54) is 43.2 Å². The van der Waals surface area contributed by atoms with Crippen LogP contribution in [0.2, 0.25) is 10.0 Å². The highest BCUT2D eigenvalue weighted by atomic mass is 35.5. The van der Waals surface area contributed by atoms with E-state index in [0.717, 1.165) is 10.4 Å². The van der Waals surface area contributed by atoms with Gasteiger partial charge in [0.05, 0.1) is 19.2 Å². The predicted octanol–water partition coefficient (Wildman–Crippen LogP) is 8.63. The Kier molecular flexibility index (Phi) is 12.7. The van der Waals surface area contributed by atoms with Gasteiger partial charge in [0.15, 0.2) is 0 Å². The third-order valence-corrected chi connectivity index (χ3v) is 11.7. The highest BCUT2D eigenvalue weighted by Crippen LogP contribution is 2.41. The summed E-state index contributed by atoms with van der Waals surface area (Å²) in [6.07, 6.45) is 1.87. The van der Waals surface area contributed by atoms with E-state index < -0.39 is 23.0 Å². The van der Waals surface area contributed by atoms with Gasteiger partial charge in [-0.15, -0.1) is 23.1 Å². The van der Waals surface area contributed by atoms with E-state index in [-0.39, 0.29) is 27.6 Å². The zero-order valence-corrected chi connectivity index (χ0v) is 32.7. The van der Waals surface area contributed by atoms with E-state index in [1.807, 2.05) is 30.3 Å². The minimum absolute atomic E-state index is 0.0719. The Balaban J connectivity index is 1.27. The summed E-state index contributed by atoms with van der Waals surface area (Å²) >= 11 is 15.3. The Morgan fingerprint density at radius 1 is 0.873 bits per heavy atom. The molecule has 55 heavy (non-hydrogen) atoms. The fraction of sp³-hybridized carbons (Fsp3) is 0.146. The van der Waals surface area contributed by atoms with E-state index in [1.54, 1.807) is 77.7 Å². The van der Waals surface area contributed by atoms with Crippen LogP contribution >= 0.6 is 46.3 Å². The summed E-state index contributed by atoms with van der Waals surface area (Å²) in [4.78, 5) is 69.4. The molecule has 5 aromatic rings. The average molecular weight is 814 g/mol. The van der Waals surface area contributed by atoms with Crippen molar-refractivity contribution >= 4 is 92.7 Å². The average Bonchev–Trinajstić information content (AvgIpc) is 3.55. The molecule has 0 fully saturated rings. The van der Waals surface area contributed by atoms with E-state index in [9.17, 15) is 24.0 Å². The minimum atomic E-state index is -0.784. The van der Waals surface area contributed by atoms with Gasteiger partial charge < -0.3 is 25.6 Å². The first-order chi connectivity index (χ1) is 26.5. The van der Waals surface area contributed by atoms with Crippen LogP contribution in [0, 0.1) is 0 Å². The lowest BCUT2D eigenvalue weighted by Crippen LogP contribution is -2.33. The van der Waals surface area contributed by atoms with Crippen molar-refractivity contribution in [1.82, 2.24) is 10.2 Å². The first-order valence-corrected chi connectivity index (χ1v) is 19.4. The highest BCUT2D eigenvalue weighted by molar-refractivity contribution is 8.00. The molecule has 0 spiro atoms. The van der Waals surface area contributed by atoms with Gasteiger partial charge >= 0.3 is 5.97 Å². The Labute approximate surface area is 335 Å². The number of carbonyl (C=O) groups excluding carboxylic acids is 5. The largest absolute Gasteiger partial charge is 0.465 e. The number of thiophene rings is 1. The van der Waals surface area contributed by atoms with Crippen molar-refractivity contribution in [2.24, 2.45) is 0 Å². The Bertz CT molecular complexity index is 2280. The first-order valence-electron chi connectivity index (χ1n) is 17.0. The van der Waals surface area contributed by atoms with Crippen molar-refractivity contribution in [3.63, 3.8) is 0 Å². The van der Waals surface area contributed by atoms with Crippen molar-refractivity contribution in [3.05, 3.63) is 152 Å². The number of amides is 4. The molecule has 14 heteroatoms. The number of rotatable bonds is 11. The molecule has 1 aliphatic heterocycles. The van der Waals surface area contributed by atoms with Gasteiger partial charge in [-0.05, 0) is 66.1 Å². The maximum atomic E-state index is 14.2. The molecule has 280 valence electrons. The van der Waals surface area contributed by atoms with Crippen molar-refractivity contribution in [3.8, 4) is 0 Å². The highest BCUT2D eigenvalue weighted by Gasteiger charge is 2.32. The second-order valence-corrected chi connectivity index (χ2v) is 15.4. The van der Waals surface area contributed by atoms with Crippen LogP contribution in [0.15, 0.2) is 114 Å². The molecule has 6 rings (SSSR count). The van der Waals surface area contributed by atoms with Gasteiger partial charge in [0, 0.05) is 50.1 Å². The molecular weight excluding hydrogens is 780 g/mol. The van der Waals surface area contributed by atoms with Crippen LogP contribution < -0.4 is 16.0 Å². The lowest BCUT2D eigenvalue weighted by atomic mass is 10.0. The van der Waals surface area contributed by atoms with E-state index in [0.29, 0.717) is 57.3 Å². The fourth-order valence-corrected chi connectivity index (χ4v) is 8.72. The van der Waals surface area contributed by atoms with Gasteiger partial charge in [-0.3, -0.25) is 19.2 Å². The zero-order chi connectivity index (χ0) is 39.1. The Morgan fingerprint density at radius 3 is 2.22 bits per heavy atom. The molecule has 1 unspecified atom stereocenters. The molecule has 0 bridgehead atoms. The molecule has 1 aliphatic rings. The lowest BCUT2D eigenvalue weighted by Gasteiger charge is -2.25. The number of esters is 1. The van der Waals surface area contributed by atoms with Crippen LogP contribution in [0.5, 0.6) is 0 Å². The number of ether oxygens (including phenoxy) is 1. The third kappa shape index (κ3) is 9.46. The van der Waals surface area contributed by atoms with Crippen molar-refractivity contribution in [2.45, 2.75) is 30.0 Å². The van der Waals surface area contributed by atoms with Gasteiger partial charge in [0.25, 0.3) is 11.8 Å². The number of hydrogen-bond acceptors (Lipinski definition) is 8. The summed E-state index contributed by atoms with van der Waals surface area (Å²) in [7, 11) is 1.29. The SMILES string of the molecule is COC(=O)c1c(NC(=O)C(Sc2cccc(NC(=O)/C(=C\c3c(Cl)cccc3Cl)NC(=O)c3ccccc3)c2)c2ccccc2)sc2c1CCN(C(C)=O)C2. The van der Waals surface area contributed by atoms with Crippen molar-refractivity contribution < 1.29 is 28.7 Å². The van der Waals surface area contributed by atoms with E-state index in [4.69, 9.17) is 27.9 Å². The molecule has 4 amide bonds. The number of carbonyl (C=O) groups is 5.